The Balaban J connectivity index is 1.63. The number of aromatic nitrogens is 5. The number of nitrogens with one attached hydrogen (secondary N) is 1. The lowest BCUT2D eigenvalue weighted by Gasteiger charge is -2.36. The number of alkyl halides is 3. The van der Waals surface area contributed by atoms with Gasteiger partial charge in [-0.05, 0) is 31.4 Å². The number of benzene rings is 1. The normalized spacial score (nSPS) is 18.5. The van der Waals surface area contributed by atoms with Gasteiger partial charge in [-0.15, -0.1) is 11.6 Å². The molecule has 3 aromatic rings. The fourth-order valence-corrected chi connectivity index (χ4v) is 4.80. The van der Waals surface area contributed by atoms with Crippen LogP contribution in [0.1, 0.15) is 31.5 Å². The molecule has 2 aliphatic heterocycles. The minimum absolute atomic E-state index is 0.0175. The molecule has 0 radical (unpaired) electrons. The second-order valence-corrected chi connectivity index (χ2v) is 8.94. The van der Waals surface area contributed by atoms with Crippen molar-refractivity contribution in [2.24, 2.45) is 0 Å². The zero-order chi connectivity index (χ0) is 25.9. The van der Waals surface area contributed by atoms with E-state index >= 15 is 0 Å². The van der Waals surface area contributed by atoms with E-state index in [4.69, 9.17) is 21.1 Å². The van der Waals surface area contributed by atoms with Gasteiger partial charge in [0.05, 0.1) is 25.8 Å². The Hall–Kier alpha value is -3.32. The first kappa shape index (κ1) is 25.3. The number of methoxy groups -OCH3 is 1. The lowest BCUT2D eigenvalue weighted by molar-refractivity contribution is -0.131. The fourth-order valence-electron chi connectivity index (χ4n) is 4.64. The largest absolute Gasteiger partial charge is 0.494 e. The summed E-state index contributed by atoms with van der Waals surface area (Å²) >= 11 is 5.83. The predicted molar refractivity (Wildman–Crippen MR) is 133 cm³/mol. The SMILES string of the molecule is COc1cccc2c1nc(C(F)F)n2-c1nc(NC2CCCCN2C(=O)CCl)nc(N2CCOCC2)n1. The van der Waals surface area contributed by atoms with E-state index in [-0.39, 0.29) is 35.4 Å². The van der Waals surface area contributed by atoms with Crippen LogP contribution in [0.4, 0.5) is 20.7 Å². The Kier molecular flexibility index (Phi) is 7.51. The third kappa shape index (κ3) is 5.10. The van der Waals surface area contributed by atoms with Crippen LogP contribution in [0.15, 0.2) is 18.2 Å². The van der Waals surface area contributed by atoms with E-state index < -0.39 is 12.2 Å². The maximum Gasteiger partial charge on any atom is 0.296 e. The monoisotopic (exact) mass is 536 g/mol. The number of amides is 1. The summed E-state index contributed by atoms with van der Waals surface area (Å²) < 4.78 is 40.4. The zero-order valence-corrected chi connectivity index (χ0v) is 21.0. The number of rotatable bonds is 7. The van der Waals surface area contributed by atoms with Crippen LogP contribution in [0.5, 0.6) is 5.75 Å². The molecule has 1 atom stereocenters. The lowest BCUT2D eigenvalue weighted by atomic mass is 10.1. The lowest BCUT2D eigenvalue weighted by Crippen LogP contribution is -2.48. The molecule has 11 nitrogen and oxygen atoms in total. The number of carbonyl (C=O) groups is 1. The quantitative estimate of drug-likeness (QED) is 0.455. The van der Waals surface area contributed by atoms with Crippen molar-refractivity contribution in [1.82, 2.24) is 29.4 Å². The highest BCUT2D eigenvalue weighted by atomic mass is 35.5. The summed E-state index contributed by atoms with van der Waals surface area (Å²) in [6.45, 7) is 2.58. The number of carbonyl (C=O) groups excluding carboxylic acids is 1. The molecule has 2 aromatic heterocycles. The minimum atomic E-state index is -2.90. The molecular formula is C23H27ClF2N8O3. The molecule has 198 valence electrons. The fraction of sp³-hybridized carbons (Fsp3) is 0.522. The first-order valence-corrected chi connectivity index (χ1v) is 12.6. The summed E-state index contributed by atoms with van der Waals surface area (Å²) in [6, 6.07) is 5.00. The molecule has 0 aliphatic carbocycles. The summed E-state index contributed by atoms with van der Waals surface area (Å²) in [7, 11) is 1.45. The smallest absolute Gasteiger partial charge is 0.296 e. The highest BCUT2D eigenvalue weighted by Crippen LogP contribution is 2.32. The first-order chi connectivity index (χ1) is 18.0. The molecule has 0 bridgehead atoms. The molecule has 37 heavy (non-hydrogen) atoms. The maximum absolute atomic E-state index is 14.2. The average Bonchev–Trinajstić information content (AvgIpc) is 3.34. The summed E-state index contributed by atoms with van der Waals surface area (Å²) in [5, 5.41) is 3.23. The number of morpholine rings is 1. The Morgan fingerprint density at radius 2 is 1.95 bits per heavy atom. The number of hydrogen-bond acceptors (Lipinski definition) is 9. The number of para-hydroxylation sites is 1. The number of ether oxygens (including phenoxy) is 2. The van der Waals surface area contributed by atoms with Crippen LogP contribution in [0, 0.1) is 0 Å². The molecular weight excluding hydrogens is 510 g/mol. The predicted octanol–water partition coefficient (Wildman–Crippen LogP) is 2.98. The van der Waals surface area contributed by atoms with Gasteiger partial charge in [0.15, 0.2) is 5.82 Å². The van der Waals surface area contributed by atoms with Crippen LogP contribution >= 0.6 is 11.6 Å². The van der Waals surface area contributed by atoms with Crippen molar-refractivity contribution in [3.63, 3.8) is 0 Å². The van der Waals surface area contributed by atoms with Crippen LogP contribution in [0.2, 0.25) is 0 Å². The molecule has 2 fully saturated rings. The Labute approximate surface area is 216 Å². The number of nitrogens with zero attached hydrogens (tertiary/aromatic N) is 7. The average molecular weight is 537 g/mol. The van der Waals surface area contributed by atoms with Crippen LogP contribution in [-0.2, 0) is 9.53 Å². The van der Waals surface area contributed by atoms with E-state index in [0.29, 0.717) is 56.5 Å². The van der Waals surface area contributed by atoms with Gasteiger partial charge in [0.25, 0.3) is 6.43 Å². The summed E-state index contributed by atoms with van der Waals surface area (Å²) in [6.07, 6.45) is -0.846. The highest BCUT2D eigenvalue weighted by molar-refractivity contribution is 6.27. The molecule has 0 spiro atoms. The molecule has 4 heterocycles. The van der Waals surface area contributed by atoms with E-state index in [0.717, 1.165) is 12.8 Å². The second-order valence-electron chi connectivity index (χ2n) is 8.67. The standard InChI is InChI=1S/C23H27ClF2N8O3/c1-36-15-6-4-5-14-18(15)28-20(19(25)26)34(14)23-30-21(29-22(31-23)32-9-11-37-12-10-32)27-16-7-2-3-8-33(16)17(35)13-24/h4-6,16,19H,2-3,7-13H2,1H3,(H,27,29,30,31). The van der Waals surface area contributed by atoms with Crippen LogP contribution in [0.3, 0.4) is 0 Å². The summed E-state index contributed by atoms with van der Waals surface area (Å²) in [5.41, 5.74) is 0.644. The third-order valence-corrected chi connectivity index (χ3v) is 6.66. The minimum Gasteiger partial charge on any atom is -0.494 e. The van der Waals surface area contributed by atoms with Crippen molar-refractivity contribution in [2.45, 2.75) is 31.9 Å². The summed E-state index contributed by atoms with van der Waals surface area (Å²) in [5.74, 6) is -0.0364. The second kappa shape index (κ2) is 11.0. The van der Waals surface area contributed by atoms with Gasteiger partial charge >= 0.3 is 0 Å². The van der Waals surface area contributed by atoms with Gasteiger partial charge in [-0.2, -0.15) is 15.0 Å². The van der Waals surface area contributed by atoms with Crippen molar-refractivity contribution in [3.8, 4) is 11.7 Å². The van der Waals surface area contributed by atoms with Crippen molar-refractivity contribution in [2.75, 3.05) is 56.1 Å². The molecule has 5 rings (SSSR count). The molecule has 1 amide bonds. The van der Waals surface area contributed by atoms with E-state index in [1.165, 1.54) is 11.7 Å². The van der Waals surface area contributed by atoms with Crippen molar-refractivity contribution >= 4 is 40.4 Å². The van der Waals surface area contributed by atoms with Gasteiger partial charge in [0.2, 0.25) is 23.8 Å². The van der Waals surface area contributed by atoms with E-state index in [2.05, 4.69) is 25.3 Å². The van der Waals surface area contributed by atoms with Crippen LogP contribution < -0.4 is 15.0 Å². The van der Waals surface area contributed by atoms with E-state index in [1.54, 1.807) is 23.1 Å². The molecule has 1 unspecified atom stereocenters. The number of likely N-dealkylation sites (tertiary alicyclic amines) is 1. The number of anilines is 2. The third-order valence-electron chi connectivity index (χ3n) is 6.43. The van der Waals surface area contributed by atoms with Gasteiger partial charge in [0.1, 0.15) is 23.3 Å². The summed E-state index contributed by atoms with van der Waals surface area (Å²) in [4.78, 5) is 33.8. The molecule has 0 saturated carbocycles. The van der Waals surface area contributed by atoms with Gasteiger partial charge in [-0.3, -0.25) is 9.36 Å². The Morgan fingerprint density at radius 3 is 2.68 bits per heavy atom. The van der Waals surface area contributed by atoms with Gasteiger partial charge < -0.3 is 24.6 Å². The first-order valence-electron chi connectivity index (χ1n) is 12.0. The van der Waals surface area contributed by atoms with Gasteiger partial charge in [-0.1, -0.05) is 6.07 Å². The van der Waals surface area contributed by atoms with Crippen LogP contribution in [0.25, 0.3) is 17.0 Å². The van der Waals surface area contributed by atoms with Crippen molar-refractivity contribution < 1.29 is 23.0 Å². The van der Waals surface area contributed by atoms with E-state index in [1.807, 2.05) is 4.90 Å². The topological polar surface area (TPSA) is 111 Å². The van der Waals surface area contributed by atoms with Crippen LogP contribution in [-0.4, -0.2) is 87.3 Å². The molecule has 2 aliphatic rings. The van der Waals surface area contributed by atoms with E-state index in [9.17, 15) is 13.6 Å². The molecule has 14 heteroatoms. The van der Waals surface area contributed by atoms with Crippen molar-refractivity contribution in [3.05, 3.63) is 24.0 Å². The number of piperidine rings is 1. The van der Waals surface area contributed by atoms with Gasteiger partial charge in [0, 0.05) is 19.6 Å². The molecule has 1 aromatic carbocycles. The maximum atomic E-state index is 14.2. The number of hydrogen-bond donors (Lipinski definition) is 1. The molecule has 1 N–H and O–H groups in total. The van der Waals surface area contributed by atoms with Gasteiger partial charge in [-0.25, -0.2) is 13.8 Å². The number of imidazole rings is 1. The Morgan fingerprint density at radius 1 is 1.16 bits per heavy atom. The Bertz CT molecular complexity index is 1270. The van der Waals surface area contributed by atoms with Crippen molar-refractivity contribution in [1.29, 1.82) is 0 Å². The number of halogens is 3. The molecule has 2 saturated heterocycles. The highest BCUT2D eigenvalue weighted by Gasteiger charge is 2.29. The zero-order valence-electron chi connectivity index (χ0n) is 20.2. The number of fused-ring (bicyclic) bond motifs is 1.